The molecule has 4 heterocycles. The van der Waals surface area contributed by atoms with E-state index in [9.17, 15) is 0 Å². The first-order chi connectivity index (χ1) is 16.4. The maximum atomic E-state index is 6.42. The van der Waals surface area contributed by atoms with Crippen molar-refractivity contribution in [1.82, 2.24) is 29.5 Å². The number of methoxy groups -OCH3 is 2. The number of nitrogens with zero attached hydrogens (tertiary/aromatic N) is 6. The van der Waals surface area contributed by atoms with Gasteiger partial charge in [0.25, 0.3) is 0 Å². The summed E-state index contributed by atoms with van der Waals surface area (Å²) in [6.07, 6.45) is 0.688. The third-order valence-electron chi connectivity index (χ3n) is 5.91. The molecule has 11 heteroatoms. The van der Waals surface area contributed by atoms with Gasteiger partial charge < -0.3 is 19.2 Å². The minimum atomic E-state index is 0.390. The van der Waals surface area contributed by atoms with Gasteiger partial charge >= 0.3 is 0 Å². The normalized spacial score (nSPS) is 13.4. The van der Waals surface area contributed by atoms with Crippen molar-refractivity contribution in [2.45, 2.75) is 39.9 Å². The lowest BCUT2D eigenvalue weighted by atomic mass is 10.2. The largest absolute Gasteiger partial charge is 0.497 e. The molecule has 3 aromatic heterocycles. The van der Waals surface area contributed by atoms with Crippen LogP contribution in [-0.4, -0.2) is 50.2 Å². The topological polar surface area (TPSA) is 103 Å². The molecule has 34 heavy (non-hydrogen) atoms. The summed E-state index contributed by atoms with van der Waals surface area (Å²) >= 11 is 6.42. The first-order valence-electron chi connectivity index (χ1n) is 11.0. The van der Waals surface area contributed by atoms with Gasteiger partial charge in [0.05, 0.1) is 26.5 Å². The van der Waals surface area contributed by atoms with Crippen LogP contribution in [0.15, 0.2) is 22.6 Å². The smallest absolute Gasteiger partial charge is 0.227 e. The summed E-state index contributed by atoms with van der Waals surface area (Å²) in [7, 11) is 3.25. The fraction of sp³-hybridized carbons (Fsp3) is 0.391. The Hall–Kier alpha value is -3.37. The Morgan fingerprint density at radius 1 is 1.12 bits per heavy atom. The second-order valence-corrected chi connectivity index (χ2v) is 8.57. The summed E-state index contributed by atoms with van der Waals surface area (Å²) in [6, 6.07) is 5.68. The van der Waals surface area contributed by atoms with Crippen molar-refractivity contribution in [2.24, 2.45) is 0 Å². The minimum Gasteiger partial charge on any atom is -0.497 e. The molecule has 1 aromatic carbocycles. The van der Waals surface area contributed by atoms with Crippen LogP contribution in [-0.2, 0) is 26.1 Å². The molecule has 0 bridgehead atoms. The Kier molecular flexibility index (Phi) is 6.01. The molecular weight excluding hydrogens is 458 g/mol. The number of rotatable bonds is 8. The van der Waals surface area contributed by atoms with Gasteiger partial charge in [0.15, 0.2) is 17.4 Å². The van der Waals surface area contributed by atoms with E-state index < -0.39 is 0 Å². The third-order valence-corrected chi connectivity index (χ3v) is 6.28. The highest BCUT2D eigenvalue weighted by atomic mass is 35.5. The zero-order valence-electron chi connectivity index (χ0n) is 19.6. The van der Waals surface area contributed by atoms with E-state index in [1.807, 2.05) is 32.0 Å². The van der Waals surface area contributed by atoms with Crippen molar-refractivity contribution in [3.8, 4) is 11.5 Å². The quantitative estimate of drug-likeness (QED) is 0.376. The lowest BCUT2D eigenvalue weighted by Crippen LogP contribution is -2.20. The summed E-state index contributed by atoms with van der Waals surface area (Å²) in [5, 5.41) is 8.43. The summed E-state index contributed by atoms with van der Waals surface area (Å²) in [5.74, 6) is 4.36. The molecule has 4 aromatic rings. The van der Waals surface area contributed by atoms with Crippen LogP contribution in [0.1, 0.15) is 34.3 Å². The van der Waals surface area contributed by atoms with E-state index in [0.717, 1.165) is 65.4 Å². The van der Waals surface area contributed by atoms with Gasteiger partial charge in [-0.3, -0.25) is 4.90 Å². The molecule has 0 aliphatic carbocycles. The fourth-order valence-corrected chi connectivity index (χ4v) is 4.27. The highest BCUT2D eigenvalue weighted by molar-refractivity contribution is 6.30. The van der Waals surface area contributed by atoms with Gasteiger partial charge in [0, 0.05) is 50.2 Å². The molecule has 0 spiro atoms. The maximum Gasteiger partial charge on any atom is 0.227 e. The number of ether oxygens (including phenoxy) is 2. The van der Waals surface area contributed by atoms with Crippen LogP contribution in [0.3, 0.4) is 0 Å². The molecule has 1 aliphatic rings. The number of oxazole rings is 1. The molecule has 1 aliphatic heterocycles. The Morgan fingerprint density at radius 3 is 2.74 bits per heavy atom. The molecule has 0 saturated carbocycles. The van der Waals surface area contributed by atoms with Crippen LogP contribution in [0.25, 0.3) is 5.65 Å². The molecule has 0 amide bonds. The third kappa shape index (κ3) is 4.26. The zero-order chi connectivity index (χ0) is 23.8. The van der Waals surface area contributed by atoms with Gasteiger partial charge in [0.1, 0.15) is 22.4 Å². The summed E-state index contributed by atoms with van der Waals surface area (Å²) in [5.41, 5.74) is 3.44. The monoisotopic (exact) mass is 483 g/mol. The molecule has 10 nitrogen and oxygen atoms in total. The number of aromatic nitrogens is 5. The fourth-order valence-electron chi connectivity index (χ4n) is 4.10. The second kappa shape index (κ2) is 9.11. The van der Waals surface area contributed by atoms with Gasteiger partial charge in [-0.15, -0.1) is 5.10 Å². The Morgan fingerprint density at radius 2 is 1.97 bits per heavy atom. The number of hydrogen-bond donors (Lipinski definition) is 1. The van der Waals surface area contributed by atoms with E-state index in [4.69, 9.17) is 35.6 Å². The summed E-state index contributed by atoms with van der Waals surface area (Å²) < 4.78 is 18.1. The van der Waals surface area contributed by atoms with Gasteiger partial charge in [-0.2, -0.15) is 4.52 Å². The van der Waals surface area contributed by atoms with Crippen LogP contribution in [0, 0.1) is 13.8 Å². The van der Waals surface area contributed by atoms with E-state index in [2.05, 4.69) is 20.2 Å². The molecule has 0 radical (unpaired) electrons. The zero-order valence-corrected chi connectivity index (χ0v) is 20.3. The number of halogens is 1. The predicted molar refractivity (Wildman–Crippen MR) is 126 cm³/mol. The van der Waals surface area contributed by atoms with Crippen molar-refractivity contribution in [3.05, 3.63) is 57.6 Å². The Balaban J connectivity index is 1.33. The number of aryl methyl sites for hydroxylation is 2. The van der Waals surface area contributed by atoms with E-state index in [0.29, 0.717) is 29.7 Å². The molecule has 0 fully saturated rings. The van der Waals surface area contributed by atoms with Crippen molar-refractivity contribution >= 4 is 23.2 Å². The average Bonchev–Trinajstić information content (AvgIpc) is 3.52. The standard InChI is InChI=1S/C23H26ClN7O3/c1-13-21(24)28-23(25-10-15-5-6-16(32-3)9-18(15)33-4)31-22(13)27-20(29-31)7-8-30-11-17-19(12-30)34-14(2)26-17/h5-6,9H,7-8,10-12H2,1-4H3,(H,25,28). The lowest BCUT2D eigenvalue weighted by Gasteiger charge is -2.13. The Bertz CT molecular complexity index is 1330. The highest BCUT2D eigenvalue weighted by Crippen LogP contribution is 2.27. The van der Waals surface area contributed by atoms with E-state index in [-0.39, 0.29) is 0 Å². The predicted octanol–water partition coefficient (Wildman–Crippen LogP) is 3.57. The maximum absolute atomic E-state index is 6.42. The second-order valence-electron chi connectivity index (χ2n) is 8.21. The number of fused-ring (bicyclic) bond motifs is 2. The van der Waals surface area contributed by atoms with Crippen molar-refractivity contribution in [1.29, 1.82) is 0 Å². The first-order valence-corrected chi connectivity index (χ1v) is 11.4. The minimum absolute atomic E-state index is 0.390. The van der Waals surface area contributed by atoms with Gasteiger partial charge in [-0.1, -0.05) is 11.6 Å². The van der Waals surface area contributed by atoms with E-state index >= 15 is 0 Å². The van der Waals surface area contributed by atoms with E-state index in [1.165, 1.54) is 0 Å². The number of nitrogens with one attached hydrogen (secondary N) is 1. The van der Waals surface area contributed by atoms with Crippen molar-refractivity contribution < 1.29 is 13.9 Å². The highest BCUT2D eigenvalue weighted by Gasteiger charge is 2.24. The molecule has 5 rings (SSSR count). The number of anilines is 1. The summed E-state index contributed by atoms with van der Waals surface area (Å²) in [6.45, 7) is 6.57. The average molecular weight is 484 g/mol. The van der Waals surface area contributed by atoms with Crippen LogP contribution >= 0.6 is 11.6 Å². The van der Waals surface area contributed by atoms with Gasteiger partial charge in [-0.25, -0.2) is 15.0 Å². The van der Waals surface area contributed by atoms with Gasteiger partial charge in [0.2, 0.25) is 5.95 Å². The van der Waals surface area contributed by atoms with Crippen molar-refractivity contribution in [2.75, 3.05) is 26.1 Å². The lowest BCUT2D eigenvalue weighted by molar-refractivity contribution is 0.264. The SMILES string of the molecule is COc1ccc(CNc2nc(Cl)c(C)c3nc(CCN4Cc5nc(C)oc5C4)nn23)c(OC)c1. The number of benzene rings is 1. The van der Waals surface area contributed by atoms with Crippen molar-refractivity contribution in [3.63, 3.8) is 0 Å². The summed E-state index contributed by atoms with van der Waals surface area (Å²) in [4.78, 5) is 16.0. The first kappa shape index (κ1) is 22.4. The molecule has 0 unspecified atom stereocenters. The number of hydrogen-bond acceptors (Lipinski definition) is 9. The van der Waals surface area contributed by atoms with Crippen LogP contribution < -0.4 is 14.8 Å². The Labute approximate surface area is 201 Å². The molecule has 1 N–H and O–H groups in total. The molecule has 0 atom stereocenters. The molecule has 0 saturated heterocycles. The van der Waals surface area contributed by atoms with Crippen LogP contribution in [0.4, 0.5) is 5.95 Å². The molecular formula is C23H26ClN7O3. The van der Waals surface area contributed by atoms with E-state index in [1.54, 1.807) is 18.7 Å². The van der Waals surface area contributed by atoms with Gasteiger partial charge in [-0.05, 0) is 19.1 Å². The molecule has 178 valence electrons. The van der Waals surface area contributed by atoms with Crippen LogP contribution in [0.2, 0.25) is 5.15 Å². The van der Waals surface area contributed by atoms with Crippen LogP contribution in [0.5, 0.6) is 11.5 Å².